The molecule has 1 amide bonds. The molecule has 2 aromatic heterocycles. The lowest BCUT2D eigenvalue weighted by Gasteiger charge is -2.09. The van der Waals surface area contributed by atoms with E-state index in [-0.39, 0.29) is 18.0 Å². The maximum absolute atomic E-state index is 12.4. The highest BCUT2D eigenvalue weighted by Gasteiger charge is 2.14. The minimum absolute atomic E-state index is 0.188. The minimum Gasteiger partial charge on any atom is -0.478 e. The predicted molar refractivity (Wildman–Crippen MR) is 87.0 cm³/mol. The largest absolute Gasteiger partial charge is 0.478 e. The highest BCUT2D eigenvalue weighted by molar-refractivity contribution is 5.95. The normalized spacial score (nSPS) is 10.8. The molecule has 3 rings (SSSR count). The van der Waals surface area contributed by atoms with Crippen LogP contribution < -0.4 is 5.32 Å². The van der Waals surface area contributed by atoms with Crippen LogP contribution in [-0.2, 0) is 6.54 Å². The molecule has 0 spiro atoms. The van der Waals surface area contributed by atoms with Gasteiger partial charge in [-0.2, -0.15) is 5.10 Å². The Bertz CT molecular complexity index is 946. The lowest BCUT2D eigenvalue weighted by atomic mass is 10.1. The summed E-state index contributed by atoms with van der Waals surface area (Å²) in [6.07, 6.45) is 1.52. The number of aryl methyl sites for hydroxylation is 2. The fourth-order valence-corrected chi connectivity index (χ4v) is 2.48. The maximum atomic E-state index is 12.4. The Morgan fingerprint density at radius 1 is 1.25 bits per heavy atom. The fraction of sp³-hybridized carbons (Fsp3) is 0.176. The number of nitrogens with zero attached hydrogens (tertiary/aromatic N) is 3. The summed E-state index contributed by atoms with van der Waals surface area (Å²) in [5.41, 5.74) is 3.55. The smallest absolute Gasteiger partial charge is 0.335 e. The Kier molecular flexibility index (Phi) is 3.99. The molecule has 0 fully saturated rings. The van der Waals surface area contributed by atoms with E-state index in [4.69, 9.17) is 5.11 Å². The van der Waals surface area contributed by atoms with Crippen LogP contribution in [0.1, 0.15) is 37.7 Å². The predicted octanol–water partition coefficient (Wildman–Crippen LogP) is 1.97. The van der Waals surface area contributed by atoms with E-state index < -0.39 is 5.97 Å². The number of amides is 1. The summed E-state index contributed by atoms with van der Waals surface area (Å²) in [5.74, 6) is -1.28. The maximum Gasteiger partial charge on any atom is 0.335 e. The molecule has 0 aliphatic carbocycles. The summed E-state index contributed by atoms with van der Waals surface area (Å²) in [6, 6.07) is 8.30. The SMILES string of the molecule is Cc1cc2ncc(C(=O)NCc3cccc(C(=O)O)c3)c(C)n2n1. The molecule has 0 bridgehead atoms. The number of hydrogen-bond acceptors (Lipinski definition) is 4. The van der Waals surface area contributed by atoms with E-state index in [1.54, 1.807) is 23.6 Å². The highest BCUT2D eigenvalue weighted by atomic mass is 16.4. The zero-order chi connectivity index (χ0) is 17.3. The molecule has 7 heteroatoms. The van der Waals surface area contributed by atoms with Gasteiger partial charge in [0.05, 0.1) is 22.5 Å². The van der Waals surface area contributed by atoms with Crippen LogP contribution in [0.25, 0.3) is 5.65 Å². The number of fused-ring (bicyclic) bond motifs is 1. The molecule has 0 unspecified atom stereocenters. The average molecular weight is 324 g/mol. The Hall–Kier alpha value is -3.22. The fourth-order valence-electron chi connectivity index (χ4n) is 2.48. The van der Waals surface area contributed by atoms with Crippen LogP contribution in [0.4, 0.5) is 0 Å². The van der Waals surface area contributed by atoms with Crippen LogP contribution in [0.3, 0.4) is 0 Å². The third kappa shape index (κ3) is 2.96. The number of aromatic nitrogens is 3. The van der Waals surface area contributed by atoms with Crippen LogP contribution in [0.5, 0.6) is 0 Å². The molecule has 122 valence electrons. The first-order chi connectivity index (χ1) is 11.5. The molecule has 0 atom stereocenters. The van der Waals surface area contributed by atoms with Gasteiger partial charge in [-0.3, -0.25) is 4.79 Å². The molecule has 3 aromatic rings. The van der Waals surface area contributed by atoms with E-state index in [0.29, 0.717) is 22.5 Å². The van der Waals surface area contributed by atoms with Crippen molar-refractivity contribution >= 4 is 17.5 Å². The Labute approximate surface area is 138 Å². The van der Waals surface area contributed by atoms with Crippen molar-refractivity contribution in [3.63, 3.8) is 0 Å². The zero-order valence-electron chi connectivity index (χ0n) is 13.3. The van der Waals surface area contributed by atoms with E-state index in [0.717, 1.165) is 5.69 Å². The summed E-state index contributed by atoms with van der Waals surface area (Å²) in [7, 11) is 0. The third-order valence-corrected chi connectivity index (χ3v) is 3.72. The van der Waals surface area contributed by atoms with Gasteiger partial charge in [0.1, 0.15) is 0 Å². The second-order valence-electron chi connectivity index (χ2n) is 5.50. The van der Waals surface area contributed by atoms with Crippen molar-refractivity contribution in [2.45, 2.75) is 20.4 Å². The van der Waals surface area contributed by atoms with Crippen LogP contribution in [0, 0.1) is 13.8 Å². The number of hydrogen-bond donors (Lipinski definition) is 2. The number of carboxylic acid groups (broad SMARTS) is 1. The van der Waals surface area contributed by atoms with E-state index in [1.807, 2.05) is 13.0 Å². The number of carboxylic acids is 1. The molecule has 0 aliphatic rings. The molecular formula is C17H16N4O3. The second kappa shape index (κ2) is 6.11. The Morgan fingerprint density at radius 2 is 2.04 bits per heavy atom. The lowest BCUT2D eigenvalue weighted by molar-refractivity contribution is 0.0696. The average Bonchev–Trinajstić information content (AvgIpc) is 2.94. The second-order valence-corrected chi connectivity index (χ2v) is 5.50. The zero-order valence-corrected chi connectivity index (χ0v) is 13.3. The summed E-state index contributed by atoms with van der Waals surface area (Å²) in [6.45, 7) is 3.90. The summed E-state index contributed by atoms with van der Waals surface area (Å²) < 4.78 is 1.63. The Balaban J connectivity index is 1.79. The highest BCUT2D eigenvalue weighted by Crippen LogP contribution is 2.11. The number of nitrogens with one attached hydrogen (secondary N) is 1. The van der Waals surface area contributed by atoms with Gasteiger partial charge >= 0.3 is 5.97 Å². The number of carbonyl (C=O) groups is 2. The number of benzene rings is 1. The van der Waals surface area contributed by atoms with Gasteiger partial charge in [-0.25, -0.2) is 14.3 Å². The van der Waals surface area contributed by atoms with Crippen molar-refractivity contribution in [2.24, 2.45) is 0 Å². The van der Waals surface area contributed by atoms with E-state index in [2.05, 4.69) is 15.4 Å². The van der Waals surface area contributed by atoms with Gasteiger partial charge in [0.25, 0.3) is 5.91 Å². The molecule has 0 aliphatic heterocycles. The molecule has 2 N–H and O–H groups in total. The van der Waals surface area contributed by atoms with Crippen LogP contribution in [-0.4, -0.2) is 31.6 Å². The van der Waals surface area contributed by atoms with Crippen molar-refractivity contribution in [3.05, 3.63) is 64.6 Å². The monoisotopic (exact) mass is 324 g/mol. The van der Waals surface area contributed by atoms with Gasteiger partial charge in [-0.15, -0.1) is 0 Å². The molecule has 24 heavy (non-hydrogen) atoms. The van der Waals surface area contributed by atoms with Crippen molar-refractivity contribution in [3.8, 4) is 0 Å². The number of rotatable bonds is 4. The van der Waals surface area contributed by atoms with Gasteiger partial charge < -0.3 is 10.4 Å². The summed E-state index contributed by atoms with van der Waals surface area (Å²) >= 11 is 0. The topological polar surface area (TPSA) is 96.6 Å². The molecule has 2 heterocycles. The molecule has 0 radical (unpaired) electrons. The van der Waals surface area contributed by atoms with Crippen molar-refractivity contribution in [1.29, 1.82) is 0 Å². The van der Waals surface area contributed by atoms with Crippen molar-refractivity contribution < 1.29 is 14.7 Å². The summed E-state index contributed by atoms with van der Waals surface area (Å²) in [5, 5.41) is 16.1. The number of aromatic carboxylic acids is 1. The molecular weight excluding hydrogens is 308 g/mol. The molecule has 0 saturated heterocycles. The molecule has 7 nitrogen and oxygen atoms in total. The van der Waals surface area contributed by atoms with Crippen LogP contribution in [0.15, 0.2) is 36.5 Å². The first kappa shape index (κ1) is 15.7. The van der Waals surface area contributed by atoms with Crippen molar-refractivity contribution in [2.75, 3.05) is 0 Å². The minimum atomic E-state index is -0.997. The van der Waals surface area contributed by atoms with Gasteiger partial charge in [-0.1, -0.05) is 12.1 Å². The Morgan fingerprint density at radius 3 is 2.79 bits per heavy atom. The van der Waals surface area contributed by atoms with Crippen molar-refractivity contribution in [1.82, 2.24) is 19.9 Å². The molecule has 1 aromatic carbocycles. The van der Waals surface area contributed by atoms with E-state index >= 15 is 0 Å². The first-order valence-corrected chi connectivity index (χ1v) is 7.38. The standard InChI is InChI=1S/C17H16N4O3/c1-10-6-15-18-9-14(11(2)21(15)20-10)16(22)19-8-12-4-3-5-13(7-12)17(23)24/h3-7,9H,8H2,1-2H3,(H,19,22)(H,23,24). The quantitative estimate of drug-likeness (QED) is 0.765. The van der Waals surface area contributed by atoms with Gasteiger partial charge in [0.15, 0.2) is 5.65 Å². The van der Waals surface area contributed by atoms with Gasteiger partial charge in [-0.05, 0) is 31.5 Å². The van der Waals surface area contributed by atoms with E-state index in [1.165, 1.54) is 18.3 Å². The lowest BCUT2D eigenvalue weighted by Crippen LogP contribution is -2.25. The van der Waals surface area contributed by atoms with Crippen LogP contribution >= 0.6 is 0 Å². The molecule has 0 saturated carbocycles. The summed E-state index contributed by atoms with van der Waals surface area (Å²) in [4.78, 5) is 27.6. The number of carbonyl (C=O) groups excluding carboxylic acids is 1. The van der Waals surface area contributed by atoms with Gasteiger partial charge in [0, 0.05) is 18.8 Å². The first-order valence-electron chi connectivity index (χ1n) is 7.38. The van der Waals surface area contributed by atoms with Gasteiger partial charge in [0.2, 0.25) is 0 Å². The third-order valence-electron chi connectivity index (χ3n) is 3.72. The van der Waals surface area contributed by atoms with E-state index in [9.17, 15) is 9.59 Å². The van der Waals surface area contributed by atoms with Crippen LogP contribution in [0.2, 0.25) is 0 Å².